The van der Waals surface area contributed by atoms with Crippen molar-refractivity contribution in [1.29, 1.82) is 0 Å². The molecule has 0 saturated heterocycles. The molecule has 1 heterocycles. The van der Waals surface area contributed by atoms with Gasteiger partial charge in [0.25, 0.3) is 9.05 Å². The van der Waals surface area contributed by atoms with Gasteiger partial charge in [0.1, 0.15) is 10.0 Å². The zero-order valence-electron chi connectivity index (χ0n) is 11.8. The number of benzene rings is 1. The van der Waals surface area contributed by atoms with E-state index >= 15 is 0 Å². The van der Waals surface area contributed by atoms with E-state index in [1.54, 1.807) is 0 Å². The Kier molecular flexibility index (Phi) is 4.96. The Morgan fingerprint density at radius 1 is 1.29 bits per heavy atom. The van der Waals surface area contributed by atoms with Gasteiger partial charge in [0.05, 0.1) is 12.2 Å². The van der Waals surface area contributed by atoms with E-state index in [4.69, 9.17) is 22.3 Å². The van der Waals surface area contributed by atoms with E-state index in [1.807, 2.05) is 38.1 Å². The summed E-state index contributed by atoms with van der Waals surface area (Å²) in [6.45, 7) is 4.34. The van der Waals surface area contributed by atoms with Gasteiger partial charge in [-0.2, -0.15) is 5.10 Å². The number of rotatable bonds is 5. The average molecular weight is 347 g/mol. The van der Waals surface area contributed by atoms with Gasteiger partial charge in [-0.25, -0.2) is 13.1 Å². The minimum atomic E-state index is -3.91. The molecule has 2 rings (SSSR count). The lowest BCUT2D eigenvalue weighted by atomic mass is 10.1. The first-order chi connectivity index (χ1) is 9.84. The maximum atomic E-state index is 11.7. The highest BCUT2D eigenvalue weighted by atomic mass is 35.7. The van der Waals surface area contributed by atoms with Crippen LogP contribution in [0.4, 0.5) is 0 Å². The van der Waals surface area contributed by atoms with Crippen LogP contribution in [0.3, 0.4) is 0 Å². The summed E-state index contributed by atoms with van der Waals surface area (Å²) in [6.07, 6.45) is 1.28. The van der Waals surface area contributed by atoms with Crippen LogP contribution in [0.1, 0.15) is 30.2 Å². The fourth-order valence-corrected chi connectivity index (χ4v) is 4.01. The molecule has 1 aromatic heterocycles. The van der Waals surface area contributed by atoms with Crippen molar-refractivity contribution in [2.24, 2.45) is 0 Å². The van der Waals surface area contributed by atoms with Crippen LogP contribution in [0, 0.1) is 6.92 Å². The minimum Gasteiger partial charge on any atom is -0.248 e. The molecule has 0 radical (unpaired) electrons. The molecule has 0 spiro atoms. The maximum Gasteiger partial charge on any atom is 0.266 e. The Bertz CT molecular complexity index is 754. The Morgan fingerprint density at radius 3 is 2.52 bits per heavy atom. The smallest absolute Gasteiger partial charge is 0.248 e. The SMILES string of the molecule is CCCc1nn(Cc2ccccc2C)c(Cl)c1S(=O)(=O)Cl. The van der Waals surface area contributed by atoms with E-state index in [2.05, 4.69) is 5.10 Å². The maximum absolute atomic E-state index is 11.7. The van der Waals surface area contributed by atoms with Gasteiger partial charge in [-0.3, -0.25) is 0 Å². The Balaban J connectivity index is 2.49. The molecule has 0 N–H and O–H groups in total. The van der Waals surface area contributed by atoms with Crippen LogP contribution in [0.2, 0.25) is 5.15 Å². The molecule has 2 aromatic rings. The molecule has 21 heavy (non-hydrogen) atoms. The summed E-state index contributed by atoms with van der Waals surface area (Å²) in [7, 11) is 1.58. The predicted octanol–water partition coefficient (Wildman–Crippen LogP) is 3.77. The predicted molar refractivity (Wildman–Crippen MR) is 84.6 cm³/mol. The number of hydrogen-bond donors (Lipinski definition) is 0. The molecule has 7 heteroatoms. The van der Waals surface area contributed by atoms with Gasteiger partial charge < -0.3 is 0 Å². The molecule has 0 fully saturated rings. The molecule has 0 amide bonds. The zero-order chi connectivity index (χ0) is 15.6. The van der Waals surface area contributed by atoms with E-state index in [0.29, 0.717) is 18.7 Å². The summed E-state index contributed by atoms with van der Waals surface area (Å²) in [6, 6.07) is 7.81. The summed E-state index contributed by atoms with van der Waals surface area (Å²) >= 11 is 6.19. The van der Waals surface area contributed by atoms with Crippen LogP contribution in [0.15, 0.2) is 29.2 Å². The number of aryl methyl sites for hydroxylation is 2. The van der Waals surface area contributed by atoms with Crippen LogP contribution in [0.25, 0.3) is 0 Å². The summed E-state index contributed by atoms with van der Waals surface area (Å²) in [4.78, 5) is -0.0683. The molecule has 0 aliphatic heterocycles. The van der Waals surface area contributed by atoms with Crippen molar-refractivity contribution in [3.8, 4) is 0 Å². The second-order valence-electron chi connectivity index (χ2n) is 4.84. The first-order valence-electron chi connectivity index (χ1n) is 6.59. The largest absolute Gasteiger partial charge is 0.266 e. The fourth-order valence-electron chi connectivity index (χ4n) is 2.17. The number of hydrogen-bond acceptors (Lipinski definition) is 3. The fraction of sp³-hybridized carbons (Fsp3) is 0.357. The third kappa shape index (κ3) is 3.59. The standard InChI is InChI=1S/C14H16Cl2N2O2S/c1-3-6-12-13(21(16,19)20)14(15)18(17-12)9-11-8-5-4-7-10(11)2/h4-5,7-8H,3,6,9H2,1-2H3. The number of nitrogens with zero attached hydrogens (tertiary/aromatic N) is 2. The second-order valence-corrected chi connectivity index (χ2v) is 7.70. The molecule has 0 atom stereocenters. The Labute approximate surface area is 134 Å². The first kappa shape index (κ1) is 16.3. The monoisotopic (exact) mass is 346 g/mol. The Morgan fingerprint density at radius 2 is 1.95 bits per heavy atom. The van der Waals surface area contributed by atoms with Crippen molar-refractivity contribution >= 4 is 31.3 Å². The number of halogens is 2. The lowest BCUT2D eigenvalue weighted by molar-refractivity contribution is 0.608. The summed E-state index contributed by atoms with van der Waals surface area (Å²) < 4.78 is 24.9. The molecular weight excluding hydrogens is 331 g/mol. The van der Waals surface area contributed by atoms with Crippen molar-refractivity contribution < 1.29 is 8.42 Å². The normalized spacial score (nSPS) is 11.8. The van der Waals surface area contributed by atoms with Gasteiger partial charge in [0.2, 0.25) is 0 Å². The van der Waals surface area contributed by atoms with Crippen molar-refractivity contribution in [2.75, 3.05) is 0 Å². The zero-order valence-corrected chi connectivity index (χ0v) is 14.1. The highest BCUT2D eigenvalue weighted by Crippen LogP contribution is 2.30. The van der Waals surface area contributed by atoms with Gasteiger partial charge in [-0.05, 0) is 24.5 Å². The summed E-state index contributed by atoms with van der Waals surface area (Å²) in [5, 5.41) is 4.39. The van der Waals surface area contributed by atoms with Crippen molar-refractivity contribution in [3.63, 3.8) is 0 Å². The third-order valence-corrected chi connectivity index (χ3v) is 5.11. The second kappa shape index (κ2) is 6.38. The summed E-state index contributed by atoms with van der Waals surface area (Å²) in [5.41, 5.74) is 2.55. The van der Waals surface area contributed by atoms with Crippen LogP contribution >= 0.6 is 22.3 Å². The average Bonchev–Trinajstić information content (AvgIpc) is 2.69. The van der Waals surface area contributed by atoms with Crippen LogP contribution in [0.5, 0.6) is 0 Å². The molecule has 114 valence electrons. The van der Waals surface area contributed by atoms with E-state index in [1.165, 1.54) is 4.68 Å². The molecule has 0 bridgehead atoms. The third-order valence-electron chi connectivity index (χ3n) is 3.23. The van der Waals surface area contributed by atoms with E-state index < -0.39 is 9.05 Å². The molecule has 0 aliphatic carbocycles. The highest BCUT2D eigenvalue weighted by Gasteiger charge is 2.26. The van der Waals surface area contributed by atoms with Crippen LogP contribution < -0.4 is 0 Å². The van der Waals surface area contributed by atoms with Gasteiger partial charge in [0.15, 0.2) is 0 Å². The lowest BCUT2D eigenvalue weighted by Gasteiger charge is -2.06. The lowest BCUT2D eigenvalue weighted by Crippen LogP contribution is -2.04. The van der Waals surface area contributed by atoms with Crippen molar-refractivity contribution in [3.05, 3.63) is 46.2 Å². The quantitative estimate of drug-likeness (QED) is 0.774. The van der Waals surface area contributed by atoms with Gasteiger partial charge in [0, 0.05) is 10.7 Å². The van der Waals surface area contributed by atoms with E-state index in [9.17, 15) is 8.42 Å². The molecule has 0 aliphatic rings. The van der Waals surface area contributed by atoms with E-state index in [0.717, 1.165) is 17.5 Å². The minimum absolute atomic E-state index is 0.0664. The van der Waals surface area contributed by atoms with Crippen LogP contribution in [-0.4, -0.2) is 18.2 Å². The van der Waals surface area contributed by atoms with Gasteiger partial charge in [-0.1, -0.05) is 49.2 Å². The first-order valence-corrected chi connectivity index (χ1v) is 9.27. The summed E-state index contributed by atoms with van der Waals surface area (Å²) in [5.74, 6) is 0. The molecule has 4 nitrogen and oxygen atoms in total. The van der Waals surface area contributed by atoms with Gasteiger partial charge >= 0.3 is 0 Å². The topological polar surface area (TPSA) is 52.0 Å². The van der Waals surface area contributed by atoms with Crippen LogP contribution in [-0.2, 0) is 22.0 Å². The van der Waals surface area contributed by atoms with Gasteiger partial charge in [-0.15, -0.1) is 0 Å². The molecule has 1 aromatic carbocycles. The number of aromatic nitrogens is 2. The molecule has 0 saturated carbocycles. The Hall–Kier alpha value is -1.04. The van der Waals surface area contributed by atoms with Crippen molar-refractivity contribution in [1.82, 2.24) is 9.78 Å². The molecule has 0 unspecified atom stereocenters. The molecular formula is C14H16Cl2N2O2S. The van der Waals surface area contributed by atoms with Crippen molar-refractivity contribution in [2.45, 2.75) is 38.1 Å². The van der Waals surface area contributed by atoms with E-state index in [-0.39, 0.29) is 10.0 Å². The highest BCUT2D eigenvalue weighted by molar-refractivity contribution is 8.13.